The van der Waals surface area contributed by atoms with Crippen molar-refractivity contribution in [1.82, 2.24) is 19.3 Å². The van der Waals surface area contributed by atoms with Crippen LogP contribution in [0.1, 0.15) is 23.5 Å². The van der Waals surface area contributed by atoms with Crippen molar-refractivity contribution in [1.29, 1.82) is 0 Å². The number of hydrogen-bond acceptors (Lipinski definition) is 5. The molecule has 0 saturated heterocycles. The molecular formula is C34H27F2N5O3S. The normalized spacial score (nSPS) is 16.2. The highest BCUT2D eigenvalue weighted by atomic mass is 32.2. The highest BCUT2D eigenvalue weighted by Crippen LogP contribution is 2.43. The van der Waals surface area contributed by atoms with Crippen LogP contribution in [0, 0.1) is 11.6 Å². The van der Waals surface area contributed by atoms with Gasteiger partial charge in [-0.2, -0.15) is 13.1 Å². The van der Waals surface area contributed by atoms with Crippen LogP contribution in [0.2, 0.25) is 0 Å². The van der Waals surface area contributed by atoms with E-state index in [1.807, 2.05) is 71.3 Å². The van der Waals surface area contributed by atoms with Crippen LogP contribution in [-0.2, 0) is 16.8 Å². The molecule has 2 heterocycles. The Morgan fingerprint density at radius 3 is 2.47 bits per heavy atom. The smallest absolute Gasteiger partial charge is 0.274 e. The molecule has 8 nitrogen and oxygen atoms in total. The third-order valence-electron chi connectivity index (χ3n) is 7.84. The Morgan fingerprint density at radius 2 is 1.71 bits per heavy atom. The lowest BCUT2D eigenvalue weighted by molar-refractivity contribution is 0.294. The van der Waals surface area contributed by atoms with Gasteiger partial charge in [0.25, 0.3) is 10.2 Å². The summed E-state index contributed by atoms with van der Waals surface area (Å²) in [5.41, 5.74) is 6.68. The maximum Gasteiger partial charge on any atom is 0.274 e. The Balaban J connectivity index is 1.19. The molecule has 2 unspecified atom stereocenters. The van der Waals surface area contributed by atoms with Crippen molar-refractivity contribution >= 4 is 21.2 Å². The molecule has 45 heavy (non-hydrogen) atoms. The lowest BCUT2D eigenvalue weighted by Gasteiger charge is -2.13. The van der Waals surface area contributed by atoms with E-state index < -0.39 is 21.8 Å². The number of imidazole rings is 1. The van der Waals surface area contributed by atoms with Gasteiger partial charge in [-0.15, -0.1) is 0 Å². The fraction of sp³-hybridized carbons (Fsp3) is 0.118. The van der Waals surface area contributed by atoms with Gasteiger partial charge in [0.2, 0.25) is 5.88 Å². The number of aromatic nitrogens is 3. The molecule has 0 aliphatic heterocycles. The van der Waals surface area contributed by atoms with Crippen LogP contribution in [0.15, 0.2) is 110 Å². The molecule has 2 atom stereocenters. The number of nitrogens with two attached hydrogens (primary N) is 1. The van der Waals surface area contributed by atoms with E-state index in [1.165, 1.54) is 12.1 Å². The van der Waals surface area contributed by atoms with Gasteiger partial charge >= 0.3 is 0 Å². The van der Waals surface area contributed by atoms with Gasteiger partial charge in [0.15, 0.2) is 0 Å². The second kappa shape index (κ2) is 11.5. The van der Waals surface area contributed by atoms with E-state index in [-0.39, 0.29) is 17.5 Å². The zero-order chi connectivity index (χ0) is 31.1. The van der Waals surface area contributed by atoms with Crippen LogP contribution in [0.4, 0.5) is 8.78 Å². The first kappa shape index (κ1) is 28.8. The quantitative estimate of drug-likeness (QED) is 0.198. The number of benzene rings is 4. The SMILES string of the molecule is NS(=O)(=O)NC1CC1c1cc(-c2ccc(F)cc2F)cc(-n2cnc3cc(-c4ccc(OCc5ccccc5)nc4)ccc32)c1. The summed E-state index contributed by atoms with van der Waals surface area (Å²) in [6, 6.07) is 28.1. The number of rotatable bonds is 9. The number of hydrogen-bond donors (Lipinski definition) is 2. The van der Waals surface area contributed by atoms with Gasteiger partial charge in [0.05, 0.1) is 11.0 Å². The first-order valence-corrected chi connectivity index (χ1v) is 15.8. The van der Waals surface area contributed by atoms with E-state index in [1.54, 1.807) is 24.7 Å². The van der Waals surface area contributed by atoms with E-state index in [9.17, 15) is 17.2 Å². The molecular weight excluding hydrogens is 596 g/mol. The summed E-state index contributed by atoms with van der Waals surface area (Å²) in [6.45, 7) is 0.428. The van der Waals surface area contributed by atoms with Crippen LogP contribution in [-0.4, -0.2) is 29.0 Å². The molecule has 3 N–H and O–H groups in total. The first-order chi connectivity index (χ1) is 21.7. The average molecular weight is 624 g/mol. The second-order valence-electron chi connectivity index (χ2n) is 11.0. The predicted molar refractivity (Wildman–Crippen MR) is 168 cm³/mol. The number of pyridine rings is 1. The van der Waals surface area contributed by atoms with Gasteiger partial charge in [0.1, 0.15) is 24.6 Å². The summed E-state index contributed by atoms with van der Waals surface area (Å²) < 4.78 is 61.9. The van der Waals surface area contributed by atoms with Crippen LogP contribution in [0.3, 0.4) is 0 Å². The molecule has 11 heteroatoms. The van der Waals surface area contributed by atoms with E-state index >= 15 is 0 Å². The highest BCUT2D eigenvalue weighted by Gasteiger charge is 2.41. The Morgan fingerprint density at radius 1 is 0.889 bits per heavy atom. The predicted octanol–water partition coefficient (Wildman–Crippen LogP) is 6.26. The van der Waals surface area contributed by atoms with Crippen LogP contribution < -0.4 is 14.6 Å². The van der Waals surface area contributed by atoms with Gasteiger partial charge in [-0.3, -0.25) is 4.57 Å². The van der Waals surface area contributed by atoms with Crippen molar-refractivity contribution in [3.63, 3.8) is 0 Å². The Bertz CT molecular complexity index is 2140. The van der Waals surface area contributed by atoms with Crippen molar-refractivity contribution < 1.29 is 21.9 Å². The fourth-order valence-electron chi connectivity index (χ4n) is 5.54. The van der Waals surface area contributed by atoms with Gasteiger partial charge in [0, 0.05) is 47.1 Å². The maximum absolute atomic E-state index is 14.9. The molecule has 2 aromatic heterocycles. The van der Waals surface area contributed by atoms with Crippen molar-refractivity contribution in [2.24, 2.45) is 5.14 Å². The summed E-state index contributed by atoms with van der Waals surface area (Å²) in [7, 11) is -3.88. The van der Waals surface area contributed by atoms with Gasteiger partial charge < -0.3 is 4.74 Å². The van der Waals surface area contributed by atoms with E-state index in [0.29, 0.717) is 30.2 Å². The summed E-state index contributed by atoms with van der Waals surface area (Å²) in [5.74, 6) is -0.996. The minimum absolute atomic E-state index is 0.154. The van der Waals surface area contributed by atoms with Crippen molar-refractivity contribution in [2.45, 2.75) is 25.0 Å². The van der Waals surface area contributed by atoms with Crippen molar-refractivity contribution in [2.75, 3.05) is 0 Å². The van der Waals surface area contributed by atoms with E-state index in [2.05, 4.69) is 14.7 Å². The zero-order valence-corrected chi connectivity index (χ0v) is 24.6. The molecule has 1 aliphatic carbocycles. The molecule has 0 amide bonds. The summed E-state index contributed by atoms with van der Waals surface area (Å²) in [4.78, 5) is 9.09. The minimum atomic E-state index is -3.88. The monoisotopic (exact) mass is 623 g/mol. The van der Waals surface area contributed by atoms with Gasteiger partial charge in [-0.25, -0.2) is 23.9 Å². The van der Waals surface area contributed by atoms with Gasteiger partial charge in [-0.1, -0.05) is 42.5 Å². The first-order valence-electron chi connectivity index (χ1n) is 14.2. The minimum Gasteiger partial charge on any atom is -0.473 e. The second-order valence-corrected chi connectivity index (χ2v) is 12.4. The van der Waals surface area contributed by atoms with Crippen LogP contribution >= 0.6 is 0 Å². The molecule has 6 aromatic rings. The largest absolute Gasteiger partial charge is 0.473 e. The molecule has 0 bridgehead atoms. The molecule has 7 rings (SSSR count). The van der Waals surface area contributed by atoms with E-state index in [0.717, 1.165) is 39.4 Å². The third-order valence-corrected chi connectivity index (χ3v) is 8.47. The number of nitrogens with zero attached hydrogens (tertiary/aromatic N) is 3. The molecule has 1 aliphatic rings. The third kappa shape index (κ3) is 6.32. The summed E-state index contributed by atoms with van der Waals surface area (Å²) >= 11 is 0. The standard InChI is InChI=1S/C34H27F2N5O3S/c35-26-8-9-28(30(36)16-26)24-12-25(29-17-31(29)40-45(37,42)43)14-27(13-24)41-20-39-32-15-22(6-10-33(32)41)23-7-11-34(38-18-23)44-19-21-4-2-1-3-5-21/h1-16,18,20,29,31,40H,17,19H2,(H2,37,42,43). The molecule has 226 valence electrons. The highest BCUT2D eigenvalue weighted by molar-refractivity contribution is 7.87. The molecule has 1 saturated carbocycles. The van der Waals surface area contributed by atoms with Crippen LogP contribution in [0.25, 0.3) is 39.0 Å². The van der Waals surface area contributed by atoms with Crippen molar-refractivity contribution in [3.05, 3.63) is 132 Å². The summed E-state index contributed by atoms with van der Waals surface area (Å²) in [5, 5.41) is 5.19. The Hall–Kier alpha value is -4.97. The lowest BCUT2D eigenvalue weighted by Crippen LogP contribution is -2.33. The molecule has 1 fully saturated rings. The topological polar surface area (TPSA) is 112 Å². The van der Waals surface area contributed by atoms with E-state index in [4.69, 9.17) is 9.88 Å². The molecule has 4 aromatic carbocycles. The number of halogens is 2. The summed E-state index contributed by atoms with van der Waals surface area (Å²) in [6.07, 6.45) is 3.99. The zero-order valence-electron chi connectivity index (χ0n) is 23.8. The number of fused-ring (bicyclic) bond motifs is 1. The fourth-order valence-corrected chi connectivity index (χ4v) is 6.22. The van der Waals surface area contributed by atoms with Gasteiger partial charge in [-0.05, 0) is 71.1 Å². The maximum atomic E-state index is 14.9. The number of ether oxygens (including phenoxy) is 1. The molecule has 0 spiro atoms. The Labute approximate surface area is 258 Å². The van der Waals surface area contributed by atoms with Crippen LogP contribution in [0.5, 0.6) is 5.88 Å². The van der Waals surface area contributed by atoms with Crippen molar-refractivity contribution in [3.8, 4) is 33.8 Å². The number of nitrogens with one attached hydrogen (secondary N) is 1. The average Bonchev–Trinajstić information content (AvgIpc) is 3.64. The lowest BCUT2D eigenvalue weighted by atomic mass is 9.99. The molecule has 0 radical (unpaired) electrons. The Kier molecular flexibility index (Phi) is 7.36.